The average Bonchev–Trinajstić information content (AvgIpc) is 3.37. The number of nitrogens with zero attached hydrogens (tertiary/aromatic N) is 5. The van der Waals surface area contributed by atoms with Crippen LogP contribution in [-0.2, 0) is 38.1 Å². The van der Waals surface area contributed by atoms with Crippen molar-refractivity contribution in [3.8, 4) is 11.5 Å². The molecule has 1 aromatic carbocycles. The topological polar surface area (TPSA) is 86.6 Å². The van der Waals surface area contributed by atoms with Crippen molar-refractivity contribution >= 4 is 11.8 Å². The lowest BCUT2D eigenvalue weighted by molar-refractivity contribution is 0.133. The van der Waals surface area contributed by atoms with Gasteiger partial charge in [-0.05, 0) is 30.2 Å². The summed E-state index contributed by atoms with van der Waals surface area (Å²) in [6.07, 6.45) is 1.86. The molecule has 3 aromatic rings. The molecule has 9 nitrogen and oxygen atoms in total. The first kappa shape index (κ1) is 20.9. The van der Waals surface area contributed by atoms with Crippen molar-refractivity contribution < 1.29 is 14.2 Å². The van der Waals surface area contributed by atoms with Gasteiger partial charge in [-0.2, -0.15) is 10.1 Å². The molecule has 9 heteroatoms. The van der Waals surface area contributed by atoms with Crippen LogP contribution < -0.4 is 19.7 Å². The van der Waals surface area contributed by atoms with Crippen LogP contribution in [0.15, 0.2) is 24.4 Å². The van der Waals surface area contributed by atoms with Gasteiger partial charge in [0.05, 0.1) is 51.6 Å². The van der Waals surface area contributed by atoms with E-state index in [1.165, 1.54) is 0 Å². The largest absolute Gasteiger partial charge is 0.497 e. The summed E-state index contributed by atoms with van der Waals surface area (Å²) in [6.45, 7) is 4.28. The number of hydrogen-bond acceptors (Lipinski definition) is 8. The fraction of sp³-hybridized carbons (Fsp3) is 0.409. The van der Waals surface area contributed by atoms with Crippen LogP contribution >= 0.6 is 0 Å². The molecule has 0 atom stereocenters. The minimum Gasteiger partial charge on any atom is -0.497 e. The summed E-state index contributed by atoms with van der Waals surface area (Å²) in [7, 11) is 7.25. The highest BCUT2D eigenvalue weighted by Gasteiger charge is 2.23. The van der Waals surface area contributed by atoms with Gasteiger partial charge < -0.3 is 24.4 Å². The number of methoxy groups -OCH3 is 2. The summed E-state index contributed by atoms with van der Waals surface area (Å²) in [6, 6.07) is 5.87. The highest BCUT2D eigenvalue weighted by atomic mass is 16.5. The van der Waals surface area contributed by atoms with Crippen molar-refractivity contribution in [3.05, 3.63) is 52.5 Å². The van der Waals surface area contributed by atoms with Crippen LogP contribution in [0, 0.1) is 6.92 Å². The Balaban J connectivity index is 1.59. The van der Waals surface area contributed by atoms with Crippen molar-refractivity contribution in [1.29, 1.82) is 0 Å². The first-order valence-electron chi connectivity index (χ1n) is 10.1. The van der Waals surface area contributed by atoms with Crippen molar-refractivity contribution in [2.45, 2.75) is 33.2 Å². The minimum atomic E-state index is 0.491. The predicted octanol–water partition coefficient (Wildman–Crippen LogP) is 2.81. The van der Waals surface area contributed by atoms with Gasteiger partial charge in [0.25, 0.3) is 0 Å². The van der Waals surface area contributed by atoms with Gasteiger partial charge in [0.1, 0.15) is 17.3 Å². The minimum absolute atomic E-state index is 0.491. The van der Waals surface area contributed by atoms with Crippen LogP contribution in [0.5, 0.6) is 11.5 Å². The van der Waals surface area contributed by atoms with Crippen LogP contribution in [0.2, 0.25) is 0 Å². The number of rotatable bonds is 8. The standard InChI is InChI=1S/C22H28N6O3/c1-14-9-24-28(3)20(14)10-23-22-25-19-13-31-12-18(19)21(26-22)27(2)11-15-6-16(29-4)8-17(7-15)30-5/h6-9H,10-13H2,1-5H3,(H,23,25,26). The average molecular weight is 425 g/mol. The number of aryl methyl sites for hydroxylation is 2. The normalized spacial score (nSPS) is 12.5. The molecule has 0 aliphatic carbocycles. The Hall–Kier alpha value is -3.33. The molecule has 0 saturated carbocycles. The molecule has 3 heterocycles. The highest BCUT2D eigenvalue weighted by molar-refractivity contribution is 5.54. The lowest BCUT2D eigenvalue weighted by Gasteiger charge is -2.22. The fourth-order valence-electron chi connectivity index (χ4n) is 3.72. The summed E-state index contributed by atoms with van der Waals surface area (Å²) < 4.78 is 18.3. The maximum Gasteiger partial charge on any atom is 0.225 e. The first-order chi connectivity index (χ1) is 15.0. The summed E-state index contributed by atoms with van der Waals surface area (Å²) in [5, 5.41) is 7.64. The third-order valence-corrected chi connectivity index (χ3v) is 5.43. The monoisotopic (exact) mass is 424 g/mol. The van der Waals surface area contributed by atoms with E-state index in [2.05, 4.69) is 20.3 Å². The van der Waals surface area contributed by atoms with Crippen molar-refractivity contribution in [2.75, 3.05) is 31.5 Å². The zero-order valence-corrected chi connectivity index (χ0v) is 18.6. The Bertz CT molecular complexity index is 1040. The van der Waals surface area contributed by atoms with Gasteiger partial charge in [-0.3, -0.25) is 4.68 Å². The van der Waals surface area contributed by atoms with Gasteiger partial charge in [-0.1, -0.05) is 0 Å². The Morgan fingerprint density at radius 3 is 2.52 bits per heavy atom. The second-order valence-electron chi connectivity index (χ2n) is 7.62. The fourth-order valence-corrected chi connectivity index (χ4v) is 3.72. The number of aromatic nitrogens is 4. The third kappa shape index (κ3) is 4.41. The molecular weight excluding hydrogens is 396 g/mol. The highest BCUT2D eigenvalue weighted by Crippen LogP contribution is 2.30. The molecule has 0 saturated heterocycles. The first-order valence-corrected chi connectivity index (χ1v) is 10.1. The number of fused-ring (bicyclic) bond motifs is 1. The molecule has 4 rings (SSSR count). The van der Waals surface area contributed by atoms with E-state index in [1.54, 1.807) is 14.2 Å². The molecule has 0 amide bonds. The van der Waals surface area contributed by atoms with Crippen LogP contribution in [0.25, 0.3) is 0 Å². The van der Waals surface area contributed by atoms with E-state index in [4.69, 9.17) is 19.2 Å². The van der Waals surface area contributed by atoms with E-state index in [0.717, 1.165) is 45.4 Å². The molecule has 1 aliphatic heterocycles. The van der Waals surface area contributed by atoms with E-state index in [1.807, 2.05) is 50.1 Å². The quantitative estimate of drug-likeness (QED) is 0.591. The maximum absolute atomic E-state index is 5.66. The molecule has 1 aliphatic rings. The van der Waals surface area contributed by atoms with Gasteiger partial charge >= 0.3 is 0 Å². The van der Waals surface area contributed by atoms with Crippen molar-refractivity contribution in [3.63, 3.8) is 0 Å². The summed E-state index contributed by atoms with van der Waals surface area (Å²) >= 11 is 0. The molecular formula is C22H28N6O3. The second-order valence-corrected chi connectivity index (χ2v) is 7.62. The maximum atomic E-state index is 5.66. The lowest BCUT2D eigenvalue weighted by atomic mass is 10.1. The molecule has 1 N–H and O–H groups in total. The SMILES string of the molecule is COc1cc(CN(C)c2nc(NCc3c(C)cnn3C)nc3c2COC3)cc(OC)c1. The number of anilines is 2. The third-order valence-electron chi connectivity index (χ3n) is 5.43. The Kier molecular flexibility index (Phi) is 5.94. The Morgan fingerprint density at radius 1 is 1.13 bits per heavy atom. The van der Waals surface area contributed by atoms with Gasteiger partial charge in [0.15, 0.2) is 0 Å². The van der Waals surface area contributed by atoms with Gasteiger partial charge in [-0.15, -0.1) is 0 Å². The van der Waals surface area contributed by atoms with Gasteiger partial charge in [-0.25, -0.2) is 4.98 Å². The smallest absolute Gasteiger partial charge is 0.225 e. The molecule has 0 fully saturated rings. The zero-order valence-electron chi connectivity index (χ0n) is 18.6. The summed E-state index contributed by atoms with van der Waals surface area (Å²) in [5.74, 6) is 2.95. The van der Waals surface area contributed by atoms with E-state index >= 15 is 0 Å². The van der Waals surface area contributed by atoms with Crippen LogP contribution in [0.3, 0.4) is 0 Å². The number of ether oxygens (including phenoxy) is 3. The predicted molar refractivity (Wildman–Crippen MR) is 117 cm³/mol. The van der Waals surface area contributed by atoms with E-state index in [-0.39, 0.29) is 0 Å². The Morgan fingerprint density at radius 2 is 1.87 bits per heavy atom. The van der Waals surface area contributed by atoms with Crippen LogP contribution in [0.4, 0.5) is 11.8 Å². The molecule has 164 valence electrons. The van der Waals surface area contributed by atoms with Crippen LogP contribution in [0.1, 0.15) is 28.1 Å². The molecule has 31 heavy (non-hydrogen) atoms. The van der Waals surface area contributed by atoms with E-state index in [9.17, 15) is 0 Å². The molecule has 2 aromatic heterocycles. The van der Waals surface area contributed by atoms with E-state index in [0.29, 0.717) is 32.3 Å². The van der Waals surface area contributed by atoms with Crippen molar-refractivity contribution in [2.24, 2.45) is 7.05 Å². The number of hydrogen-bond donors (Lipinski definition) is 1. The lowest BCUT2D eigenvalue weighted by Crippen LogP contribution is -2.21. The summed E-state index contributed by atoms with van der Waals surface area (Å²) in [5.41, 5.74) is 5.23. The number of nitrogens with one attached hydrogen (secondary N) is 1. The van der Waals surface area contributed by atoms with Crippen LogP contribution in [-0.4, -0.2) is 41.0 Å². The van der Waals surface area contributed by atoms with Gasteiger partial charge in [0.2, 0.25) is 5.95 Å². The van der Waals surface area contributed by atoms with Gasteiger partial charge in [0, 0.05) is 32.3 Å². The Labute approximate surface area is 182 Å². The zero-order chi connectivity index (χ0) is 22.0. The molecule has 0 bridgehead atoms. The molecule has 0 unspecified atom stereocenters. The second kappa shape index (κ2) is 8.81. The van der Waals surface area contributed by atoms with E-state index < -0.39 is 0 Å². The molecule has 0 spiro atoms. The van der Waals surface area contributed by atoms with Crippen molar-refractivity contribution in [1.82, 2.24) is 19.7 Å². The summed E-state index contributed by atoms with van der Waals surface area (Å²) in [4.78, 5) is 11.6. The number of benzene rings is 1. The molecule has 0 radical (unpaired) electrons.